The Bertz CT molecular complexity index is 758. The van der Waals surface area contributed by atoms with E-state index in [9.17, 15) is 14.7 Å². The standard InChI is InChI=1S/C21H25NO4/c1-4-16(17-8-6-5-7-9-17)13-22-20(24)15(3)26-21(25)18-12-14(2)10-11-19(18)23/h5-12,15-16,23H,4,13H2,1-3H3,(H,22,24)/t15-,16-/m1/s1. The van der Waals surface area contributed by atoms with Crippen LogP contribution in [-0.4, -0.2) is 29.6 Å². The fourth-order valence-electron chi connectivity index (χ4n) is 2.68. The van der Waals surface area contributed by atoms with Gasteiger partial charge in [0.1, 0.15) is 11.3 Å². The molecule has 0 unspecified atom stereocenters. The van der Waals surface area contributed by atoms with E-state index in [4.69, 9.17) is 4.74 Å². The van der Waals surface area contributed by atoms with Gasteiger partial charge in [0, 0.05) is 12.5 Å². The summed E-state index contributed by atoms with van der Waals surface area (Å²) in [5.74, 6) is -1.05. The van der Waals surface area contributed by atoms with Crippen molar-refractivity contribution in [2.24, 2.45) is 0 Å². The van der Waals surface area contributed by atoms with Crippen LogP contribution in [0, 0.1) is 6.92 Å². The third-order valence-corrected chi connectivity index (χ3v) is 4.31. The van der Waals surface area contributed by atoms with Crippen LogP contribution < -0.4 is 5.32 Å². The maximum atomic E-state index is 12.3. The fraction of sp³-hybridized carbons (Fsp3) is 0.333. The Balaban J connectivity index is 1.92. The highest BCUT2D eigenvalue weighted by Gasteiger charge is 2.21. The van der Waals surface area contributed by atoms with Crippen molar-refractivity contribution in [2.45, 2.75) is 39.2 Å². The van der Waals surface area contributed by atoms with Gasteiger partial charge < -0.3 is 15.2 Å². The van der Waals surface area contributed by atoms with Gasteiger partial charge in [-0.05, 0) is 38.0 Å². The third kappa shape index (κ3) is 5.09. The molecule has 2 aromatic rings. The highest BCUT2D eigenvalue weighted by Crippen LogP contribution is 2.20. The second-order valence-corrected chi connectivity index (χ2v) is 6.33. The third-order valence-electron chi connectivity index (χ3n) is 4.31. The van der Waals surface area contributed by atoms with Gasteiger partial charge in [0.2, 0.25) is 0 Å². The summed E-state index contributed by atoms with van der Waals surface area (Å²) in [6.45, 7) is 5.86. The van der Waals surface area contributed by atoms with Crippen LogP contribution in [-0.2, 0) is 9.53 Å². The predicted octanol–water partition coefficient (Wildman–Crippen LogP) is 3.56. The van der Waals surface area contributed by atoms with Crippen molar-refractivity contribution in [3.8, 4) is 5.75 Å². The van der Waals surface area contributed by atoms with Crippen molar-refractivity contribution in [1.82, 2.24) is 5.32 Å². The molecule has 0 saturated heterocycles. The number of aryl methyl sites for hydroxylation is 1. The number of hydrogen-bond acceptors (Lipinski definition) is 4. The second-order valence-electron chi connectivity index (χ2n) is 6.33. The minimum atomic E-state index is -0.948. The molecule has 5 nitrogen and oxygen atoms in total. The molecule has 2 rings (SSSR count). The van der Waals surface area contributed by atoms with Crippen LogP contribution in [0.2, 0.25) is 0 Å². The largest absolute Gasteiger partial charge is 0.507 e. The first kappa shape index (κ1) is 19.5. The zero-order valence-electron chi connectivity index (χ0n) is 15.4. The first-order valence-electron chi connectivity index (χ1n) is 8.75. The molecule has 0 bridgehead atoms. The van der Waals surface area contributed by atoms with Gasteiger partial charge in [0.25, 0.3) is 5.91 Å². The van der Waals surface area contributed by atoms with E-state index in [0.29, 0.717) is 6.54 Å². The van der Waals surface area contributed by atoms with Crippen LogP contribution >= 0.6 is 0 Å². The van der Waals surface area contributed by atoms with Crippen molar-refractivity contribution in [3.05, 3.63) is 65.2 Å². The smallest absolute Gasteiger partial charge is 0.342 e. The zero-order chi connectivity index (χ0) is 19.1. The number of amides is 1. The van der Waals surface area contributed by atoms with Crippen molar-refractivity contribution < 1.29 is 19.4 Å². The molecule has 0 heterocycles. The monoisotopic (exact) mass is 355 g/mol. The molecular formula is C21H25NO4. The van der Waals surface area contributed by atoms with Crippen LogP contribution in [0.4, 0.5) is 0 Å². The first-order chi connectivity index (χ1) is 12.4. The number of benzene rings is 2. The predicted molar refractivity (Wildman–Crippen MR) is 100 cm³/mol. The number of ether oxygens (including phenoxy) is 1. The topological polar surface area (TPSA) is 75.6 Å². The number of carbonyl (C=O) groups excluding carboxylic acids is 2. The van der Waals surface area contributed by atoms with E-state index < -0.39 is 12.1 Å². The first-order valence-corrected chi connectivity index (χ1v) is 8.75. The van der Waals surface area contributed by atoms with Crippen molar-refractivity contribution in [2.75, 3.05) is 6.54 Å². The normalized spacial score (nSPS) is 12.9. The van der Waals surface area contributed by atoms with E-state index in [1.807, 2.05) is 30.3 Å². The summed E-state index contributed by atoms with van der Waals surface area (Å²) in [5.41, 5.74) is 2.03. The summed E-state index contributed by atoms with van der Waals surface area (Å²) in [6, 6.07) is 14.6. The number of carbonyl (C=O) groups is 2. The van der Waals surface area contributed by atoms with E-state index in [1.165, 1.54) is 19.1 Å². The Kier molecular flexibility index (Phi) is 6.78. The Hall–Kier alpha value is -2.82. The Morgan fingerprint density at radius 1 is 1.15 bits per heavy atom. The van der Waals surface area contributed by atoms with E-state index in [2.05, 4.69) is 12.2 Å². The molecule has 5 heteroatoms. The van der Waals surface area contributed by atoms with Crippen LogP contribution in [0.1, 0.15) is 47.7 Å². The molecular weight excluding hydrogens is 330 g/mol. The summed E-state index contributed by atoms with van der Waals surface area (Å²) in [6.07, 6.45) is -0.0639. The molecule has 0 aromatic heterocycles. The molecule has 2 N–H and O–H groups in total. The van der Waals surface area contributed by atoms with Crippen LogP contribution in [0.15, 0.2) is 48.5 Å². The molecule has 26 heavy (non-hydrogen) atoms. The molecule has 0 radical (unpaired) electrons. The molecule has 0 aliphatic heterocycles. The quantitative estimate of drug-likeness (QED) is 0.745. The fourth-order valence-corrected chi connectivity index (χ4v) is 2.68. The lowest BCUT2D eigenvalue weighted by Gasteiger charge is -2.18. The van der Waals surface area contributed by atoms with Gasteiger partial charge in [-0.2, -0.15) is 0 Å². The second kappa shape index (κ2) is 9.04. The number of aromatic hydroxyl groups is 1. The lowest BCUT2D eigenvalue weighted by atomic mass is 9.96. The van der Waals surface area contributed by atoms with E-state index in [-0.39, 0.29) is 23.1 Å². The molecule has 0 aliphatic carbocycles. The van der Waals surface area contributed by atoms with Crippen molar-refractivity contribution in [1.29, 1.82) is 0 Å². The number of phenolic OH excluding ortho intramolecular Hbond substituents is 1. The zero-order valence-corrected chi connectivity index (χ0v) is 15.4. The molecule has 0 spiro atoms. The lowest BCUT2D eigenvalue weighted by molar-refractivity contribution is -0.129. The molecule has 2 atom stereocenters. The van der Waals surface area contributed by atoms with Gasteiger partial charge in [0.05, 0.1) is 0 Å². The van der Waals surface area contributed by atoms with Gasteiger partial charge >= 0.3 is 5.97 Å². The average Bonchev–Trinajstić information content (AvgIpc) is 2.64. The molecule has 1 amide bonds. The molecule has 2 aromatic carbocycles. The molecule has 0 fully saturated rings. The van der Waals surface area contributed by atoms with Crippen LogP contribution in [0.25, 0.3) is 0 Å². The number of nitrogens with one attached hydrogen (secondary N) is 1. The highest BCUT2D eigenvalue weighted by molar-refractivity contribution is 5.94. The number of hydrogen-bond donors (Lipinski definition) is 2. The van der Waals surface area contributed by atoms with Crippen molar-refractivity contribution >= 4 is 11.9 Å². The molecule has 0 saturated carbocycles. The lowest BCUT2D eigenvalue weighted by Crippen LogP contribution is -2.38. The summed E-state index contributed by atoms with van der Waals surface area (Å²) >= 11 is 0. The maximum absolute atomic E-state index is 12.3. The van der Waals surface area contributed by atoms with Crippen LogP contribution in [0.5, 0.6) is 5.75 Å². The molecule has 138 valence electrons. The summed E-state index contributed by atoms with van der Waals surface area (Å²) in [7, 11) is 0. The highest BCUT2D eigenvalue weighted by atomic mass is 16.5. The van der Waals surface area contributed by atoms with Gasteiger partial charge in [-0.1, -0.05) is 48.9 Å². The van der Waals surface area contributed by atoms with Crippen LogP contribution in [0.3, 0.4) is 0 Å². The Morgan fingerprint density at radius 3 is 2.50 bits per heavy atom. The average molecular weight is 355 g/mol. The van der Waals surface area contributed by atoms with E-state index >= 15 is 0 Å². The minimum absolute atomic E-state index is 0.0559. The van der Waals surface area contributed by atoms with Gasteiger partial charge in [-0.3, -0.25) is 4.79 Å². The minimum Gasteiger partial charge on any atom is -0.507 e. The van der Waals surface area contributed by atoms with Crippen molar-refractivity contribution in [3.63, 3.8) is 0 Å². The van der Waals surface area contributed by atoms with Gasteiger partial charge in [0.15, 0.2) is 6.10 Å². The molecule has 0 aliphatic rings. The number of rotatable bonds is 7. The SMILES string of the molecule is CC[C@H](CNC(=O)[C@@H](C)OC(=O)c1cc(C)ccc1O)c1ccccc1. The van der Waals surface area contributed by atoms with Gasteiger partial charge in [-0.25, -0.2) is 4.79 Å². The number of phenols is 1. The summed E-state index contributed by atoms with van der Waals surface area (Å²) in [4.78, 5) is 24.4. The van der Waals surface area contributed by atoms with Gasteiger partial charge in [-0.15, -0.1) is 0 Å². The number of esters is 1. The maximum Gasteiger partial charge on any atom is 0.342 e. The Labute approximate surface area is 154 Å². The van der Waals surface area contributed by atoms with E-state index in [0.717, 1.165) is 17.5 Å². The summed E-state index contributed by atoms with van der Waals surface area (Å²) < 4.78 is 5.19. The summed E-state index contributed by atoms with van der Waals surface area (Å²) in [5, 5.41) is 12.6. The Morgan fingerprint density at radius 2 is 1.85 bits per heavy atom. The van der Waals surface area contributed by atoms with E-state index in [1.54, 1.807) is 13.0 Å².